The van der Waals surface area contributed by atoms with Crippen molar-refractivity contribution in [2.45, 2.75) is 45.6 Å². The van der Waals surface area contributed by atoms with Crippen LogP contribution in [0.2, 0.25) is 0 Å². The first-order chi connectivity index (χ1) is 8.33. The maximum absolute atomic E-state index is 10.7. The Labute approximate surface area is 108 Å². The maximum atomic E-state index is 10.7. The molecule has 0 aliphatic rings. The smallest absolute Gasteiger partial charge is 0.0725 e. The van der Waals surface area contributed by atoms with Gasteiger partial charge in [0.25, 0.3) is 0 Å². The summed E-state index contributed by atoms with van der Waals surface area (Å²) < 4.78 is 0. The summed E-state index contributed by atoms with van der Waals surface area (Å²) in [6.45, 7) is 5.68. The molecule has 0 aromatic heterocycles. The van der Waals surface area contributed by atoms with Gasteiger partial charge in [-0.2, -0.15) is 0 Å². The summed E-state index contributed by atoms with van der Waals surface area (Å²) in [6.07, 6.45) is 0.792. The van der Waals surface area contributed by atoms with E-state index in [2.05, 4.69) is 0 Å². The minimum absolute atomic E-state index is 0.110. The molecule has 100 valence electrons. The van der Waals surface area contributed by atoms with E-state index in [0.717, 1.165) is 5.56 Å². The van der Waals surface area contributed by atoms with Gasteiger partial charge in [0.2, 0.25) is 0 Å². The second-order valence-electron chi connectivity index (χ2n) is 5.29. The molecule has 0 heterocycles. The van der Waals surface area contributed by atoms with Crippen LogP contribution in [-0.2, 0) is 11.2 Å². The molecule has 0 bridgehead atoms. The molecule has 0 radical (unpaired) electrons. The fourth-order valence-corrected chi connectivity index (χ4v) is 1.95. The number of rotatable bonds is 6. The van der Waals surface area contributed by atoms with Crippen LogP contribution in [0.15, 0.2) is 24.3 Å². The van der Waals surface area contributed by atoms with E-state index in [0.29, 0.717) is 12.8 Å². The SMILES string of the molecule is Cc1ccc(CCC(O)(CC(=O)[O-])C(C)C)cc1. The summed E-state index contributed by atoms with van der Waals surface area (Å²) in [5, 5.41) is 21.1. The van der Waals surface area contributed by atoms with Gasteiger partial charge < -0.3 is 15.0 Å². The second kappa shape index (κ2) is 6.01. The second-order valence-corrected chi connectivity index (χ2v) is 5.29. The summed E-state index contributed by atoms with van der Waals surface area (Å²) in [6, 6.07) is 8.05. The van der Waals surface area contributed by atoms with E-state index in [1.54, 1.807) is 0 Å². The van der Waals surface area contributed by atoms with Crippen LogP contribution in [0, 0.1) is 12.8 Å². The molecule has 1 rings (SSSR count). The average molecular weight is 249 g/mol. The number of carbonyl (C=O) groups is 1. The first-order valence-corrected chi connectivity index (χ1v) is 6.31. The topological polar surface area (TPSA) is 60.4 Å². The Bertz CT molecular complexity index is 395. The van der Waals surface area contributed by atoms with Gasteiger partial charge in [0, 0.05) is 12.4 Å². The van der Waals surface area contributed by atoms with Crippen molar-refractivity contribution >= 4 is 5.97 Å². The molecule has 1 aromatic rings. The van der Waals surface area contributed by atoms with Crippen LogP contribution in [0.4, 0.5) is 0 Å². The highest BCUT2D eigenvalue weighted by Crippen LogP contribution is 2.26. The van der Waals surface area contributed by atoms with E-state index < -0.39 is 11.6 Å². The first-order valence-electron chi connectivity index (χ1n) is 6.31. The molecule has 1 unspecified atom stereocenters. The van der Waals surface area contributed by atoms with E-state index in [1.165, 1.54) is 5.56 Å². The summed E-state index contributed by atoms with van der Waals surface area (Å²) in [5.41, 5.74) is 1.11. The molecular weight excluding hydrogens is 228 g/mol. The van der Waals surface area contributed by atoms with Gasteiger partial charge in [0.1, 0.15) is 0 Å². The zero-order valence-corrected chi connectivity index (χ0v) is 11.3. The fraction of sp³-hybridized carbons (Fsp3) is 0.533. The molecule has 3 nitrogen and oxygen atoms in total. The molecule has 0 amide bonds. The number of hydrogen-bond acceptors (Lipinski definition) is 3. The van der Waals surface area contributed by atoms with Gasteiger partial charge in [-0.25, -0.2) is 0 Å². The summed E-state index contributed by atoms with van der Waals surface area (Å²) >= 11 is 0. The standard InChI is InChI=1S/C15H22O3/c1-11(2)15(18,10-14(16)17)9-8-13-6-4-12(3)5-7-13/h4-7,11,18H,8-10H2,1-3H3,(H,16,17)/p-1. The molecule has 1 atom stereocenters. The van der Waals surface area contributed by atoms with Crippen LogP contribution in [-0.4, -0.2) is 16.7 Å². The number of aliphatic hydroxyl groups is 1. The van der Waals surface area contributed by atoms with Crippen molar-refractivity contribution in [1.82, 2.24) is 0 Å². The third kappa shape index (κ3) is 4.15. The van der Waals surface area contributed by atoms with Crippen LogP contribution in [0.25, 0.3) is 0 Å². The number of hydrogen-bond donors (Lipinski definition) is 1. The van der Waals surface area contributed by atoms with Crippen LogP contribution in [0.3, 0.4) is 0 Å². The Balaban J connectivity index is 2.67. The van der Waals surface area contributed by atoms with E-state index in [9.17, 15) is 15.0 Å². The number of benzene rings is 1. The zero-order valence-electron chi connectivity index (χ0n) is 11.3. The van der Waals surface area contributed by atoms with Crippen LogP contribution < -0.4 is 5.11 Å². The Hall–Kier alpha value is -1.35. The Kier molecular flexibility index (Phi) is 4.91. The number of carbonyl (C=O) groups excluding carboxylic acids is 1. The van der Waals surface area contributed by atoms with E-state index >= 15 is 0 Å². The van der Waals surface area contributed by atoms with Gasteiger partial charge in [-0.3, -0.25) is 0 Å². The molecule has 0 spiro atoms. The van der Waals surface area contributed by atoms with E-state index in [4.69, 9.17) is 0 Å². The van der Waals surface area contributed by atoms with Gasteiger partial charge in [0.05, 0.1) is 5.60 Å². The molecule has 1 aromatic carbocycles. The van der Waals surface area contributed by atoms with Crippen LogP contribution in [0.5, 0.6) is 0 Å². The molecule has 0 fully saturated rings. The number of carboxylic acids is 1. The molecule has 18 heavy (non-hydrogen) atoms. The quantitative estimate of drug-likeness (QED) is 0.830. The first kappa shape index (κ1) is 14.7. The summed E-state index contributed by atoms with van der Waals surface area (Å²) in [7, 11) is 0. The predicted molar refractivity (Wildman–Crippen MR) is 68.9 cm³/mol. The molecule has 0 aliphatic carbocycles. The highest BCUT2D eigenvalue weighted by molar-refractivity contribution is 5.65. The molecule has 0 aliphatic heterocycles. The van der Waals surface area contributed by atoms with Crippen molar-refractivity contribution in [3.05, 3.63) is 35.4 Å². The minimum atomic E-state index is -1.20. The largest absolute Gasteiger partial charge is 0.550 e. The lowest BCUT2D eigenvalue weighted by molar-refractivity contribution is -0.310. The number of carboxylic acid groups (broad SMARTS) is 1. The minimum Gasteiger partial charge on any atom is -0.550 e. The maximum Gasteiger partial charge on any atom is 0.0725 e. The third-order valence-electron chi connectivity index (χ3n) is 3.49. The molecule has 0 saturated carbocycles. The van der Waals surface area contributed by atoms with Crippen molar-refractivity contribution < 1.29 is 15.0 Å². The zero-order chi connectivity index (χ0) is 13.8. The number of aliphatic carboxylic acids is 1. The van der Waals surface area contributed by atoms with E-state index in [-0.39, 0.29) is 12.3 Å². The third-order valence-corrected chi connectivity index (χ3v) is 3.49. The van der Waals surface area contributed by atoms with Crippen molar-refractivity contribution in [2.75, 3.05) is 0 Å². The molecule has 3 heteroatoms. The number of aryl methyl sites for hydroxylation is 2. The highest BCUT2D eigenvalue weighted by Gasteiger charge is 2.30. The summed E-state index contributed by atoms with van der Waals surface area (Å²) in [4.78, 5) is 10.7. The monoisotopic (exact) mass is 249 g/mol. The van der Waals surface area contributed by atoms with Crippen molar-refractivity contribution in [3.8, 4) is 0 Å². The van der Waals surface area contributed by atoms with Gasteiger partial charge in [-0.05, 0) is 31.2 Å². The molecular formula is C15H21O3-. The average Bonchev–Trinajstić information content (AvgIpc) is 2.27. The van der Waals surface area contributed by atoms with Crippen LogP contribution in [0.1, 0.15) is 37.8 Å². The Morgan fingerprint density at radius 1 is 1.33 bits per heavy atom. The highest BCUT2D eigenvalue weighted by atomic mass is 16.4. The van der Waals surface area contributed by atoms with Gasteiger partial charge in [-0.15, -0.1) is 0 Å². The van der Waals surface area contributed by atoms with Gasteiger partial charge in [-0.1, -0.05) is 43.7 Å². The van der Waals surface area contributed by atoms with Gasteiger partial charge in [0.15, 0.2) is 0 Å². The lowest BCUT2D eigenvalue weighted by Gasteiger charge is -2.32. The van der Waals surface area contributed by atoms with Crippen LogP contribution >= 0.6 is 0 Å². The fourth-order valence-electron chi connectivity index (χ4n) is 1.95. The molecule has 1 N–H and O–H groups in total. The molecule has 0 saturated heterocycles. The lowest BCUT2D eigenvalue weighted by Crippen LogP contribution is -2.42. The van der Waals surface area contributed by atoms with E-state index in [1.807, 2.05) is 45.0 Å². The normalized spacial score (nSPS) is 14.5. The van der Waals surface area contributed by atoms with Crippen molar-refractivity contribution in [2.24, 2.45) is 5.92 Å². The predicted octanol–water partition coefficient (Wildman–Crippen LogP) is 1.45. The lowest BCUT2D eigenvalue weighted by atomic mass is 9.82. The Morgan fingerprint density at radius 3 is 2.33 bits per heavy atom. The van der Waals surface area contributed by atoms with Gasteiger partial charge >= 0.3 is 0 Å². The Morgan fingerprint density at radius 2 is 1.89 bits per heavy atom. The summed E-state index contributed by atoms with van der Waals surface area (Å²) in [5.74, 6) is -1.31. The van der Waals surface area contributed by atoms with Crippen molar-refractivity contribution in [3.63, 3.8) is 0 Å². The van der Waals surface area contributed by atoms with Crippen molar-refractivity contribution in [1.29, 1.82) is 0 Å².